The highest BCUT2D eigenvalue weighted by molar-refractivity contribution is 5.97. The van der Waals surface area contributed by atoms with Gasteiger partial charge in [-0.25, -0.2) is 4.98 Å². The van der Waals surface area contributed by atoms with Crippen molar-refractivity contribution in [1.82, 2.24) is 10.3 Å². The Morgan fingerprint density at radius 2 is 2.08 bits per heavy atom. The van der Waals surface area contributed by atoms with Crippen LogP contribution in [0.2, 0.25) is 0 Å². The van der Waals surface area contributed by atoms with Crippen molar-refractivity contribution in [3.05, 3.63) is 52.8 Å². The van der Waals surface area contributed by atoms with E-state index in [2.05, 4.69) is 21.7 Å². The molecular weight excluding hydrogens is 306 g/mol. The quantitative estimate of drug-likeness (QED) is 0.899. The van der Waals surface area contributed by atoms with Crippen LogP contribution in [0.1, 0.15) is 33.6 Å². The number of aryl methyl sites for hydroxylation is 2. The number of fused-ring (bicyclic) bond motifs is 2. The lowest BCUT2D eigenvalue weighted by molar-refractivity contribution is -0.118. The summed E-state index contributed by atoms with van der Waals surface area (Å²) >= 11 is 0. The minimum Gasteiger partial charge on any atom is -0.484 e. The minimum absolute atomic E-state index is 0.0624. The molecule has 0 unspecified atom stereocenters. The molecule has 4 rings (SSSR count). The van der Waals surface area contributed by atoms with Crippen LogP contribution in [0.15, 0.2) is 30.5 Å². The second-order valence-corrected chi connectivity index (χ2v) is 6.04. The molecule has 0 saturated carbocycles. The van der Waals surface area contributed by atoms with Gasteiger partial charge in [0.15, 0.2) is 6.61 Å². The fourth-order valence-corrected chi connectivity index (χ4v) is 3.16. The molecule has 2 N–H and O–H groups in total. The topological polar surface area (TPSA) is 80.3 Å². The normalized spacial score (nSPS) is 14.8. The maximum atomic E-state index is 12.0. The number of benzene rings is 1. The van der Waals surface area contributed by atoms with Gasteiger partial charge in [-0.15, -0.1) is 0 Å². The van der Waals surface area contributed by atoms with Crippen molar-refractivity contribution in [2.45, 2.75) is 25.8 Å². The van der Waals surface area contributed by atoms with Crippen LogP contribution < -0.4 is 15.4 Å². The zero-order chi connectivity index (χ0) is 16.5. The Labute approximate surface area is 139 Å². The minimum atomic E-state index is -0.255. The van der Waals surface area contributed by atoms with E-state index < -0.39 is 0 Å². The Morgan fingerprint density at radius 3 is 3.00 bits per heavy atom. The first-order chi connectivity index (χ1) is 11.7. The van der Waals surface area contributed by atoms with E-state index in [1.807, 2.05) is 12.1 Å². The third-order valence-electron chi connectivity index (χ3n) is 4.34. The van der Waals surface area contributed by atoms with Crippen LogP contribution >= 0.6 is 0 Å². The maximum Gasteiger partial charge on any atom is 0.270 e. The second-order valence-electron chi connectivity index (χ2n) is 6.04. The van der Waals surface area contributed by atoms with Gasteiger partial charge in [0.1, 0.15) is 11.4 Å². The van der Waals surface area contributed by atoms with Gasteiger partial charge >= 0.3 is 0 Å². The van der Waals surface area contributed by atoms with Crippen LogP contribution in [-0.2, 0) is 24.2 Å². The summed E-state index contributed by atoms with van der Waals surface area (Å²) in [7, 11) is 0. The third kappa shape index (κ3) is 2.82. The van der Waals surface area contributed by atoms with Crippen LogP contribution in [0.4, 0.5) is 5.69 Å². The maximum absolute atomic E-state index is 12.0. The molecule has 24 heavy (non-hydrogen) atoms. The van der Waals surface area contributed by atoms with Crippen molar-refractivity contribution >= 4 is 17.5 Å². The van der Waals surface area contributed by atoms with Gasteiger partial charge in [0, 0.05) is 12.1 Å². The highest BCUT2D eigenvalue weighted by atomic mass is 16.5. The first kappa shape index (κ1) is 14.7. The highest BCUT2D eigenvalue weighted by Gasteiger charge is 2.20. The first-order valence-corrected chi connectivity index (χ1v) is 8.00. The summed E-state index contributed by atoms with van der Waals surface area (Å²) in [6.45, 7) is 0.379. The van der Waals surface area contributed by atoms with Gasteiger partial charge in [-0.05, 0) is 48.6 Å². The van der Waals surface area contributed by atoms with Crippen molar-refractivity contribution in [3.8, 4) is 5.75 Å². The molecule has 6 nitrogen and oxygen atoms in total. The lowest BCUT2D eigenvalue weighted by atomic mass is 10.1. The average Bonchev–Trinajstić information content (AvgIpc) is 3.19. The summed E-state index contributed by atoms with van der Waals surface area (Å²) in [5.74, 6) is 0.282. The molecular formula is C18H17N3O3. The van der Waals surface area contributed by atoms with Crippen molar-refractivity contribution in [3.63, 3.8) is 0 Å². The molecule has 2 amide bonds. The van der Waals surface area contributed by atoms with E-state index in [9.17, 15) is 9.59 Å². The van der Waals surface area contributed by atoms with Gasteiger partial charge in [-0.3, -0.25) is 9.59 Å². The van der Waals surface area contributed by atoms with E-state index in [1.165, 1.54) is 23.7 Å². The van der Waals surface area contributed by atoms with Crippen LogP contribution in [0.25, 0.3) is 0 Å². The summed E-state index contributed by atoms with van der Waals surface area (Å²) in [6, 6.07) is 7.76. The molecule has 0 fully saturated rings. The number of amides is 2. The van der Waals surface area contributed by atoms with E-state index in [0.29, 0.717) is 23.7 Å². The van der Waals surface area contributed by atoms with Gasteiger partial charge < -0.3 is 15.4 Å². The number of aromatic nitrogens is 1. The van der Waals surface area contributed by atoms with E-state index >= 15 is 0 Å². The zero-order valence-corrected chi connectivity index (χ0v) is 13.1. The van der Waals surface area contributed by atoms with Crippen LogP contribution in [-0.4, -0.2) is 23.4 Å². The molecule has 0 radical (unpaired) electrons. The number of hydrogen-bond donors (Lipinski definition) is 2. The van der Waals surface area contributed by atoms with Crippen molar-refractivity contribution < 1.29 is 14.3 Å². The number of pyridine rings is 1. The number of anilines is 1. The molecule has 0 saturated heterocycles. The number of carbonyl (C=O) groups excluding carboxylic acids is 2. The van der Waals surface area contributed by atoms with Gasteiger partial charge in [-0.2, -0.15) is 0 Å². The molecule has 0 atom stereocenters. The number of nitrogens with one attached hydrogen (secondary N) is 2. The summed E-state index contributed by atoms with van der Waals surface area (Å²) in [5.41, 5.74) is 4.46. The predicted molar refractivity (Wildman–Crippen MR) is 88.0 cm³/mol. The zero-order valence-electron chi connectivity index (χ0n) is 13.1. The highest BCUT2D eigenvalue weighted by Crippen LogP contribution is 2.26. The van der Waals surface area contributed by atoms with Crippen molar-refractivity contribution in [1.29, 1.82) is 0 Å². The number of hydrogen-bond acceptors (Lipinski definition) is 4. The Kier molecular flexibility index (Phi) is 3.65. The van der Waals surface area contributed by atoms with Crippen molar-refractivity contribution in [2.24, 2.45) is 0 Å². The third-order valence-corrected chi connectivity index (χ3v) is 4.34. The lowest BCUT2D eigenvalue weighted by Crippen LogP contribution is -2.20. The van der Waals surface area contributed by atoms with E-state index in [-0.39, 0.29) is 18.4 Å². The summed E-state index contributed by atoms with van der Waals surface area (Å²) < 4.78 is 5.58. The van der Waals surface area contributed by atoms with Crippen molar-refractivity contribution in [2.75, 3.05) is 11.9 Å². The first-order valence-electron chi connectivity index (χ1n) is 8.00. The summed E-state index contributed by atoms with van der Waals surface area (Å²) in [4.78, 5) is 27.6. The standard InChI is InChI=1S/C18H17N3O3/c22-16(10-24-15-5-4-11-2-1-3-12(11)7-15)21-14-6-13-8-20-18(23)17(13)19-9-14/h4-7,9H,1-3,8,10H2,(H,20,23)(H,21,22). The molecule has 1 aromatic heterocycles. The number of carbonyl (C=O) groups is 2. The summed E-state index contributed by atoms with van der Waals surface area (Å²) in [5, 5.41) is 5.44. The van der Waals surface area contributed by atoms with Gasteiger partial charge in [-0.1, -0.05) is 6.07 Å². The van der Waals surface area contributed by atoms with E-state index in [0.717, 1.165) is 18.4 Å². The molecule has 0 bridgehead atoms. The monoisotopic (exact) mass is 323 g/mol. The Morgan fingerprint density at radius 1 is 1.21 bits per heavy atom. The Balaban J connectivity index is 1.36. The second kappa shape index (κ2) is 5.96. The molecule has 2 heterocycles. The number of nitrogens with zero attached hydrogens (tertiary/aromatic N) is 1. The van der Waals surface area contributed by atoms with Crippen LogP contribution in [0.5, 0.6) is 5.75 Å². The van der Waals surface area contributed by atoms with Crippen LogP contribution in [0, 0.1) is 0 Å². The van der Waals surface area contributed by atoms with Gasteiger partial charge in [0.05, 0.1) is 11.9 Å². The fraction of sp³-hybridized carbons (Fsp3) is 0.278. The van der Waals surface area contributed by atoms with Gasteiger partial charge in [0.25, 0.3) is 11.8 Å². The molecule has 2 aliphatic rings. The van der Waals surface area contributed by atoms with Crippen LogP contribution in [0.3, 0.4) is 0 Å². The Bertz CT molecular complexity index is 832. The largest absolute Gasteiger partial charge is 0.484 e. The smallest absolute Gasteiger partial charge is 0.270 e. The SMILES string of the molecule is O=C(COc1ccc2c(c1)CCC2)Nc1cnc2c(c1)CNC2=O. The lowest BCUT2D eigenvalue weighted by Gasteiger charge is -2.09. The number of rotatable bonds is 4. The molecule has 0 spiro atoms. The fourth-order valence-electron chi connectivity index (χ4n) is 3.16. The molecule has 2 aromatic rings. The van der Waals surface area contributed by atoms with E-state index in [1.54, 1.807) is 6.07 Å². The molecule has 1 aliphatic carbocycles. The number of ether oxygens (including phenoxy) is 1. The summed E-state index contributed by atoms with van der Waals surface area (Å²) in [6.07, 6.45) is 4.87. The molecule has 1 aliphatic heterocycles. The Hall–Kier alpha value is -2.89. The molecule has 122 valence electrons. The van der Waals surface area contributed by atoms with E-state index in [4.69, 9.17) is 4.74 Å². The van der Waals surface area contributed by atoms with Gasteiger partial charge in [0.2, 0.25) is 0 Å². The molecule has 6 heteroatoms. The molecule has 1 aromatic carbocycles. The predicted octanol–water partition coefficient (Wildman–Crippen LogP) is 1.83. The average molecular weight is 323 g/mol.